The largest absolute Gasteiger partial charge is 0.309 e. The number of hydrogen-bond donors (Lipinski definition) is 0. The number of benzene rings is 7. The van der Waals surface area contributed by atoms with Crippen molar-refractivity contribution in [2.24, 2.45) is 0 Å². The molecule has 0 aliphatic heterocycles. The van der Waals surface area contributed by atoms with E-state index in [1.54, 1.807) is 0 Å². The Morgan fingerprint density at radius 1 is 0.396 bits per heavy atom. The van der Waals surface area contributed by atoms with Crippen molar-refractivity contribution in [3.63, 3.8) is 0 Å². The molecule has 9 aromatic rings. The molecule has 0 N–H and O–H groups in total. The second-order valence-corrected chi connectivity index (χ2v) is 12.0. The van der Waals surface area contributed by atoms with Gasteiger partial charge in [-0.25, -0.2) is 0 Å². The van der Waals surface area contributed by atoms with E-state index in [4.69, 9.17) is 0 Å². The molecule has 0 unspecified atom stereocenters. The topological polar surface area (TPSA) is 57.4 Å². The number of nitriles is 2. The Morgan fingerprint density at radius 3 is 1.65 bits per heavy atom. The van der Waals surface area contributed by atoms with Crippen LogP contribution in [0.1, 0.15) is 11.1 Å². The second kappa shape index (κ2) is 10.9. The number of aromatic nitrogens is 2. The average Bonchev–Trinajstić information content (AvgIpc) is 3.67. The third-order valence-corrected chi connectivity index (χ3v) is 9.37. The summed E-state index contributed by atoms with van der Waals surface area (Å²) in [5, 5.41) is 25.0. The summed E-state index contributed by atoms with van der Waals surface area (Å²) in [5.74, 6) is 0. The van der Waals surface area contributed by atoms with Crippen LogP contribution in [0.15, 0.2) is 158 Å². The van der Waals surface area contributed by atoms with Crippen molar-refractivity contribution in [2.75, 3.05) is 0 Å². The third kappa shape index (κ3) is 4.14. The zero-order chi connectivity index (χ0) is 32.2. The Hall–Kier alpha value is -6.88. The zero-order valence-electron chi connectivity index (χ0n) is 25.8. The first-order valence-corrected chi connectivity index (χ1v) is 15.9. The van der Waals surface area contributed by atoms with E-state index < -0.39 is 0 Å². The van der Waals surface area contributed by atoms with E-state index in [9.17, 15) is 10.5 Å². The number of fused-ring (bicyclic) bond motifs is 6. The van der Waals surface area contributed by atoms with Gasteiger partial charge in [0.05, 0.1) is 45.0 Å². The maximum absolute atomic E-state index is 10.9. The van der Waals surface area contributed by atoms with Gasteiger partial charge in [-0.3, -0.25) is 0 Å². The van der Waals surface area contributed by atoms with Gasteiger partial charge in [-0.15, -0.1) is 0 Å². The van der Waals surface area contributed by atoms with Gasteiger partial charge < -0.3 is 9.13 Å². The minimum atomic E-state index is 0.586. The minimum Gasteiger partial charge on any atom is -0.309 e. The number of nitrogens with zero attached hydrogens (tertiary/aromatic N) is 4. The molecule has 4 nitrogen and oxygen atoms in total. The first-order valence-electron chi connectivity index (χ1n) is 15.9. The van der Waals surface area contributed by atoms with Gasteiger partial charge in [0.25, 0.3) is 0 Å². The second-order valence-electron chi connectivity index (χ2n) is 12.0. The van der Waals surface area contributed by atoms with Crippen LogP contribution in [0, 0.1) is 22.7 Å². The quantitative estimate of drug-likeness (QED) is 0.199. The highest BCUT2D eigenvalue weighted by Crippen LogP contribution is 2.39. The molecule has 0 atom stereocenters. The van der Waals surface area contributed by atoms with Crippen molar-refractivity contribution >= 4 is 43.6 Å². The van der Waals surface area contributed by atoms with Crippen LogP contribution in [0.5, 0.6) is 0 Å². The van der Waals surface area contributed by atoms with Gasteiger partial charge in [-0.2, -0.15) is 10.5 Å². The standard InChI is InChI=1S/C44H26N4/c45-27-29-21-22-44-38(23-29)37-15-6-9-19-42(37)48(44)43-20-10-16-34(39(43)28-46)32-24-31(30-11-2-1-3-12-30)25-33(26-32)47-40-17-7-4-13-35(40)36-14-5-8-18-41(36)47/h1-26H. The molecule has 7 aromatic carbocycles. The molecule has 0 aliphatic carbocycles. The molecule has 2 heterocycles. The van der Waals surface area contributed by atoms with Gasteiger partial charge in [0.1, 0.15) is 6.07 Å². The van der Waals surface area contributed by atoms with Crippen molar-refractivity contribution in [1.29, 1.82) is 10.5 Å². The molecule has 0 spiro atoms. The predicted molar refractivity (Wildman–Crippen MR) is 195 cm³/mol. The van der Waals surface area contributed by atoms with Gasteiger partial charge >= 0.3 is 0 Å². The molecule has 0 bridgehead atoms. The van der Waals surface area contributed by atoms with Crippen molar-refractivity contribution < 1.29 is 0 Å². The maximum Gasteiger partial charge on any atom is 0.102 e. The van der Waals surface area contributed by atoms with E-state index in [1.165, 1.54) is 10.8 Å². The lowest BCUT2D eigenvalue weighted by Crippen LogP contribution is -2.00. The summed E-state index contributed by atoms with van der Waals surface area (Å²) in [6, 6.07) is 59.0. The Balaban J connectivity index is 1.34. The van der Waals surface area contributed by atoms with Crippen LogP contribution in [0.25, 0.3) is 77.2 Å². The Labute approximate surface area is 277 Å². The van der Waals surface area contributed by atoms with Crippen molar-refractivity contribution in [3.05, 3.63) is 169 Å². The molecule has 0 saturated carbocycles. The van der Waals surface area contributed by atoms with Crippen molar-refractivity contribution in [1.82, 2.24) is 9.13 Å². The normalized spacial score (nSPS) is 11.3. The molecule has 2 aromatic heterocycles. The molecular formula is C44H26N4. The van der Waals surface area contributed by atoms with Crippen LogP contribution >= 0.6 is 0 Å². The smallest absolute Gasteiger partial charge is 0.102 e. The lowest BCUT2D eigenvalue weighted by atomic mass is 9.94. The fraction of sp³-hybridized carbons (Fsp3) is 0. The number of para-hydroxylation sites is 3. The van der Waals surface area contributed by atoms with Gasteiger partial charge in [0.15, 0.2) is 0 Å². The van der Waals surface area contributed by atoms with Gasteiger partial charge in [0, 0.05) is 32.8 Å². The Morgan fingerprint density at radius 2 is 0.979 bits per heavy atom. The molecule has 222 valence electrons. The molecule has 0 radical (unpaired) electrons. The monoisotopic (exact) mass is 610 g/mol. The molecule has 4 heteroatoms. The Kier molecular flexibility index (Phi) is 6.22. The zero-order valence-corrected chi connectivity index (χ0v) is 25.8. The van der Waals surface area contributed by atoms with Crippen molar-refractivity contribution in [2.45, 2.75) is 0 Å². The van der Waals surface area contributed by atoms with Crippen LogP contribution < -0.4 is 0 Å². The fourth-order valence-corrected chi connectivity index (χ4v) is 7.28. The lowest BCUT2D eigenvalue weighted by molar-refractivity contribution is 1.16. The highest BCUT2D eigenvalue weighted by Gasteiger charge is 2.20. The molecule has 0 fully saturated rings. The van der Waals surface area contributed by atoms with E-state index in [0.29, 0.717) is 11.1 Å². The van der Waals surface area contributed by atoms with Crippen LogP contribution in [0.3, 0.4) is 0 Å². The van der Waals surface area contributed by atoms with Crippen LogP contribution in [0.4, 0.5) is 0 Å². The summed E-state index contributed by atoms with van der Waals surface area (Å²) < 4.78 is 4.49. The molecule has 0 aliphatic rings. The number of hydrogen-bond acceptors (Lipinski definition) is 2. The maximum atomic E-state index is 10.9. The predicted octanol–water partition coefficient (Wildman–Crippen LogP) is 11.0. The summed E-state index contributed by atoms with van der Waals surface area (Å²) in [6.07, 6.45) is 0. The van der Waals surface area contributed by atoms with Gasteiger partial charge in [0.2, 0.25) is 0 Å². The molecule has 48 heavy (non-hydrogen) atoms. The van der Waals surface area contributed by atoms with Crippen molar-refractivity contribution in [3.8, 4) is 45.8 Å². The van der Waals surface area contributed by atoms with E-state index >= 15 is 0 Å². The van der Waals surface area contributed by atoms with E-state index in [0.717, 1.165) is 66.5 Å². The lowest BCUT2D eigenvalue weighted by Gasteiger charge is -2.17. The summed E-state index contributed by atoms with van der Waals surface area (Å²) in [7, 11) is 0. The summed E-state index contributed by atoms with van der Waals surface area (Å²) in [6.45, 7) is 0. The third-order valence-electron chi connectivity index (χ3n) is 9.37. The minimum absolute atomic E-state index is 0.586. The summed E-state index contributed by atoms with van der Waals surface area (Å²) in [4.78, 5) is 0. The summed E-state index contributed by atoms with van der Waals surface area (Å²) >= 11 is 0. The highest BCUT2D eigenvalue weighted by atomic mass is 15.0. The molecule has 0 amide bonds. The summed E-state index contributed by atoms with van der Waals surface area (Å²) in [5.41, 5.74) is 11.2. The van der Waals surface area contributed by atoms with Crippen LogP contribution in [-0.4, -0.2) is 9.13 Å². The fourth-order valence-electron chi connectivity index (χ4n) is 7.28. The molecule has 9 rings (SSSR count). The molecular weight excluding hydrogens is 585 g/mol. The van der Waals surface area contributed by atoms with E-state index in [2.05, 4.69) is 124 Å². The van der Waals surface area contributed by atoms with E-state index in [-0.39, 0.29) is 0 Å². The van der Waals surface area contributed by atoms with Crippen LogP contribution in [-0.2, 0) is 0 Å². The van der Waals surface area contributed by atoms with E-state index in [1.807, 2.05) is 54.6 Å². The van der Waals surface area contributed by atoms with Gasteiger partial charge in [-0.05, 0) is 77.4 Å². The molecule has 0 saturated heterocycles. The SMILES string of the molecule is N#Cc1ccc2c(c1)c1ccccc1n2-c1cccc(-c2cc(-c3ccccc3)cc(-n3c4ccccc4c4ccccc43)c2)c1C#N. The Bertz CT molecular complexity index is 2750. The highest BCUT2D eigenvalue weighted by molar-refractivity contribution is 6.11. The first-order chi connectivity index (χ1) is 23.7. The average molecular weight is 611 g/mol. The van der Waals surface area contributed by atoms with Gasteiger partial charge in [-0.1, -0.05) is 97.1 Å². The van der Waals surface area contributed by atoms with Crippen LogP contribution in [0.2, 0.25) is 0 Å². The number of rotatable bonds is 4. The first kappa shape index (κ1) is 27.4.